The van der Waals surface area contributed by atoms with Gasteiger partial charge in [-0.1, -0.05) is 35.9 Å². The minimum absolute atomic E-state index is 0.268. The third kappa shape index (κ3) is 4.26. The van der Waals surface area contributed by atoms with Crippen LogP contribution in [-0.4, -0.2) is 10.5 Å². The maximum absolute atomic E-state index is 11.4. The molecule has 2 atom stereocenters. The molecule has 2 nitrogen and oxygen atoms in total. The van der Waals surface area contributed by atoms with Crippen LogP contribution in [0.2, 0.25) is 0 Å². The fraction of sp³-hybridized carbons (Fsp3) is 0.333. The monoisotopic (exact) mass is 301 g/mol. The Balaban J connectivity index is 2.02. The van der Waals surface area contributed by atoms with Gasteiger partial charge in [0, 0.05) is 34.5 Å². The van der Waals surface area contributed by atoms with Crippen LogP contribution in [0.15, 0.2) is 47.4 Å². The van der Waals surface area contributed by atoms with Crippen LogP contribution in [0.1, 0.15) is 35.2 Å². The molecule has 3 heteroatoms. The molecule has 112 valence electrons. The number of hydrogen-bond donors (Lipinski definition) is 1. The molecule has 2 aromatic rings. The van der Waals surface area contributed by atoms with Crippen molar-refractivity contribution in [1.29, 1.82) is 0 Å². The van der Waals surface area contributed by atoms with Crippen molar-refractivity contribution >= 4 is 10.8 Å². The summed E-state index contributed by atoms with van der Waals surface area (Å²) in [6.45, 7) is 7.28. The van der Waals surface area contributed by atoms with Gasteiger partial charge < -0.3 is 5.32 Å². The van der Waals surface area contributed by atoms with Crippen molar-refractivity contribution in [3.8, 4) is 0 Å². The van der Waals surface area contributed by atoms with Gasteiger partial charge in [0.1, 0.15) is 0 Å². The Morgan fingerprint density at radius 3 is 2.38 bits per heavy atom. The van der Waals surface area contributed by atoms with E-state index in [1.54, 1.807) is 6.26 Å². The molecule has 0 spiro atoms. The lowest BCUT2D eigenvalue weighted by atomic mass is 10.0. The highest BCUT2D eigenvalue weighted by molar-refractivity contribution is 7.84. The Labute approximate surface area is 130 Å². The molecule has 0 unspecified atom stereocenters. The highest BCUT2D eigenvalue weighted by atomic mass is 32.2. The second-order valence-electron chi connectivity index (χ2n) is 5.56. The number of aryl methyl sites for hydroxylation is 2. The van der Waals surface area contributed by atoms with Crippen molar-refractivity contribution < 1.29 is 4.21 Å². The molecule has 0 aliphatic carbocycles. The second-order valence-corrected chi connectivity index (χ2v) is 6.94. The van der Waals surface area contributed by atoms with Crippen LogP contribution in [0.3, 0.4) is 0 Å². The molecule has 0 saturated carbocycles. The first-order valence-electron chi connectivity index (χ1n) is 7.20. The first-order valence-corrected chi connectivity index (χ1v) is 8.76. The van der Waals surface area contributed by atoms with E-state index in [4.69, 9.17) is 0 Å². The lowest BCUT2D eigenvalue weighted by Gasteiger charge is -2.16. The van der Waals surface area contributed by atoms with E-state index in [1.807, 2.05) is 12.1 Å². The van der Waals surface area contributed by atoms with E-state index >= 15 is 0 Å². The summed E-state index contributed by atoms with van der Waals surface area (Å²) in [5, 5.41) is 3.56. The van der Waals surface area contributed by atoms with Crippen molar-refractivity contribution in [1.82, 2.24) is 5.32 Å². The fourth-order valence-corrected chi connectivity index (χ4v) is 2.84. The second kappa shape index (κ2) is 7.01. The Kier molecular flexibility index (Phi) is 5.32. The van der Waals surface area contributed by atoms with E-state index in [-0.39, 0.29) is 6.04 Å². The van der Waals surface area contributed by atoms with Gasteiger partial charge in [-0.3, -0.25) is 4.21 Å². The van der Waals surface area contributed by atoms with Gasteiger partial charge in [-0.25, -0.2) is 0 Å². The minimum atomic E-state index is -0.910. The molecule has 21 heavy (non-hydrogen) atoms. The molecule has 0 aromatic heterocycles. The Morgan fingerprint density at radius 2 is 1.76 bits per heavy atom. The van der Waals surface area contributed by atoms with Crippen molar-refractivity contribution in [2.24, 2.45) is 0 Å². The molecule has 0 heterocycles. The number of rotatable bonds is 5. The summed E-state index contributed by atoms with van der Waals surface area (Å²) in [5.74, 6) is 0. The summed E-state index contributed by atoms with van der Waals surface area (Å²) in [4.78, 5) is 0.875. The molecule has 0 aliphatic heterocycles. The minimum Gasteiger partial charge on any atom is -0.306 e. The third-order valence-corrected chi connectivity index (χ3v) is 4.75. The molecular weight excluding hydrogens is 278 g/mol. The maximum Gasteiger partial charge on any atom is 0.0498 e. The molecule has 0 fully saturated rings. The third-order valence-electron chi connectivity index (χ3n) is 3.82. The fourth-order valence-electron chi connectivity index (χ4n) is 2.32. The molecule has 2 aromatic carbocycles. The van der Waals surface area contributed by atoms with E-state index < -0.39 is 10.8 Å². The molecule has 0 aliphatic rings. The zero-order valence-corrected chi connectivity index (χ0v) is 14.0. The molecule has 1 N–H and O–H groups in total. The van der Waals surface area contributed by atoms with Gasteiger partial charge in [-0.05, 0) is 49.6 Å². The first-order chi connectivity index (χ1) is 9.97. The highest BCUT2D eigenvalue weighted by Gasteiger charge is 2.07. The summed E-state index contributed by atoms with van der Waals surface area (Å²) in [6.07, 6.45) is 1.71. The Hall–Kier alpha value is -1.45. The predicted octanol–water partition coefficient (Wildman–Crippen LogP) is 3.89. The average molecular weight is 301 g/mol. The zero-order chi connectivity index (χ0) is 15.4. The van der Waals surface area contributed by atoms with Crippen LogP contribution in [0, 0.1) is 13.8 Å². The SMILES string of the molecule is Cc1ccc(C)c(CN[C@@H](C)c2ccc([S@](C)=O)cc2)c1. The number of benzene rings is 2. The topological polar surface area (TPSA) is 29.1 Å². The smallest absolute Gasteiger partial charge is 0.0498 e. The lowest BCUT2D eigenvalue weighted by Crippen LogP contribution is -2.18. The molecule has 0 amide bonds. The van der Waals surface area contributed by atoms with Gasteiger partial charge in [0.15, 0.2) is 0 Å². The molecule has 0 bridgehead atoms. The normalized spacial score (nSPS) is 13.9. The number of nitrogens with one attached hydrogen (secondary N) is 1. The molecular formula is C18H23NOS. The predicted molar refractivity (Wildman–Crippen MR) is 89.9 cm³/mol. The van der Waals surface area contributed by atoms with Crippen molar-refractivity contribution in [3.63, 3.8) is 0 Å². The largest absolute Gasteiger partial charge is 0.306 e. The molecule has 0 saturated heterocycles. The van der Waals surface area contributed by atoms with E-state index in [9.17, 15) is 4.21 Å². The van der Waals surface area contributed by atoms with Crippen LogP contribution < -0.4 is 5.32 Å². The van der Waals surface area contributed by atoms with Crippen LogP contribution in [0.25, 0.3) is 0 Å². The Morgan fingerprint density at radius 1 is 1.10 bits per heavy atom. The van der Waals surface area contributed by atoms with Crippen molar-refractivity contribution in [2.75, 3.05) is 6.26 Å². The highest BCUT2D eigenvalue weighted by Crippen LogP contribution is 2.17. The van der Waals surface area contributed by atoms with Gasteiger partial charge in [0.2, 0.25) is 0 Å². The van der Waals surface area contributed by atoms with Gasteiger partial charge in [-0.2, -0.15) is 0 Å². The van der Waals surface area contributed by atoms with E-state index in [0.29, 0.717) is 0 Å². The van der Waals surface area contributed by atoms with Gasteiger partial charge in [-0.15, -0.1) is 0 Å². The summed E-state index contributed by atoms with van der Waals surface area (Å²) in [7, 11) is -0.910. The average Bonchev–Trinajstić information content (AvgIpc) is 2.48. The van der Waals surface area contributed by atoms with E-state index in [2.05, 4.69) is 56.4 Å². The first kappa shape index (κ1) is 15.9. The standard InChI is InChI=1S/C18H23NOS/c1-13-5-6-14(2)17(11-13)12-19-15(3)16-7-9-18(10-8-16)21(4)20/h5-11,15,19H,12H2,1-4H3/t15-,21-/m0/s1. The molecule has 0 radical (unpaired) electrons. The summed E-state index contributed by atoms with van der Waals surface area (Å²) in [6, 6.07) is 14.8. The maximum atomic E-state index is 11.4. The van der Waals surface area contributed by atoms with Crippen LogP contribution >= 0.6 is 0 Å². The summed E-state index contributed by atoms with van der Waals surface area (Å²) < 4.78 is 11.4. The van der Waals surface area contributed by atoms with Crippen LogP contribution in [0.5, 0.6) is 0 Å². The van der Waals surface area contributed by atoms with Gasteiger partial charge in [0.05, 0.1) is 0 Å². The van der Waals surface area contributed by atoms with Crippen molar-refractivity contribution in [3.05, 3.63) is 64.7 Å². The van der Waals surface area contributed by atoms with Crippen LogP contribution in [-0.2, 0) is 17.3 Å². The summed E-state index contributed by atoms with van der Waals surface area (Å²) in [5.41, 5.74) is 5.17. The summed E-state index contributed by atoms with van der Waals surface area (Å²) >= 11 is 0. The Bertz CT molecular complexity index is 634. The van der Waals surface area contributed by atoms with E-state index in [1.165, 1.54) is 22.3 Å². The van der Waals surface area contributed by atoms with Gasteiger partial charge in [0.25, 0.3) is 0 Å². The zero-order valence-electron chi connectivity index (χ0n) is 13.1. The van der Waals surface area contributed by atoms with Crippen molar-refractivity contribution in [2.45, 2.75) is 38.3 Å². The lowest BCUT2D eigenvalue weighted by molar-refractivity contribution is 0.573. The van der Waals surface area contributed by atoms with E-state index in [0.717, 1.165) is 11.4 Å². The number of hydrogen-bond acceptors (Lipinski definition) is 2. The molecule has 2 rings (SSSR count). The van der Waals surface area contributed by atoms with Crippen LogP contribution in [0.4, 0.5) is 0 Å². The quantitative estimate of drug-likeness (QED) is 0.907. The van der Waals surface area contributed by atoms with Gasteiger partial charge >= 0.3 is 0 Å².